The standard InChI is InChI=1S/C10H15NO2/c1-3-13-9(12)8-4-6-10(2,11)7-5-8/h4-6H,3,7,11H2,1-2H3. The predicted octanol–water partition coefficient (Wildman–Crippen LogP) is 1.15. The molecular weight excluding hydrogens is 166 g/mol. The van der Waals surface area contributed by atoms with Gasteiger partial charge < -0.3 is 10.5 Å². The lowest BCUT2D eigenvalue weighted by molar-refractivity contribution is -0.138. The van der Waals surface area contributed by atoms with Gasteiger partial charge in [-0.3, -0.25) is 0 Å². The molecule has 0 bridgehead atoms. The Morgan fingerprint density at radius 2 is 2.46 bits per heavy atom. The van der Waals surface area contributed by atoms with Gasteiger partial charge in [-0.1, -0.05) is 18.2 Å². The average molecular weight is 181 g/mol. The van der Waals surface area contributed by atoms with E-state index in [4.69, 9.17) is 10.5 Å². The number of ether oxygens (including phenoxy) is 1. The van der Waals surface area contributed by atoms with E-state index >= 15 is 0 Å². The van der Waals surface area contributed by atoms with Crippen LogP contribution in [0.1, 0.15) is 20.3 Å². The van der Waals surface area contributed by atoms with Crippen molar-refractivity contribution in [2.75, 3.05) is 6.61 Å². The van der Waals surface area contributed by atoms with Crippen molar-refractivity contribution in [2.45, 2.75) is 25.8 Å². The van der Waals surface area contributed by atoms with Crippen molar-refractivity contribution >= 4 is 5.97 Å². The Hall–Kier alpha value is -1.09. The SMILES string of the molecule is CCOC(=O)C1=CCC(C)(N)C=C1. The summed E-state index contributed by atoms with van der Waals surface area (Å²) in [7, 11) is 0. The first-order valence-electron chi connectivity index (χ1n) is 4.40. The zero-order valence-corrected chi connectivity index (χ0v) is 8.04. The van der Waals surface area contributed by atoms with Crippen LogP contribution in [0, 0.1) is 0 Å². The van der Waals surface area contributed by atoms with Gasteiger partial charge in [0, 0.05) is 5.54 Å². The van der Waals surface area contributed by atoms with E-state index in [0.29, 0.717) is 18.6 Å². The summed E-state index contributed by atoms with van der Waals surface area (Å²) in [6.45, 7) is 4.11. The topological polar surface area (TPSA) is 52.3 Å². The smallest absolute Gasteiger partial charge is 0.337 e. The number of esters is 1. The molecule has 0 aromatic heterocycles. The molecule has 0 radical (unpaired) electrons. The normalized spacial score (nSPS) is 26.8. The molecule has 3 nitrogen and oxygen atoms in total. The number of hydrogen-bond acceptors (Lipinski definition) is 3. The number of carbonyl (C=O) groups is 1. The van der Waals surface area contributed by atoms with Crippen LogP contribution in [-0.2, 0) is 9.53 Å². The first-order chi connectivity index (χ1) is 6.05. The molecule has 2 N–H and O–H groups in total. The molecule has 0 amide bonds. The second kappa shape index (κ2) is 3.75. The zero-order chi connectivity index (χ0) is 9.90. The third kappa shape index (κ3) is 2.70. The van der Waals surface area contributed by atoms with Crippen LogP contribution in [0.15, 0.2) is 23.8 Å². The van der Waals surface area contributed by atoms with E-state index < -0.39 is 0 Å². The minimum absolute atomic E-state index is 0.269. The van der Waals surface area contributed by atoms with Crippen molar-refractivity contribution in [1.82, 2.24) is 0 Å². The van der Waals surface area contributed by atoms with E-state index in [-0.39, 0.29) is 11.5 Å². The van der Waals surface area contributed by atoms with Crippen LogP contribution in [0.3, 0.4) is 0 Å². The molecule has 1 unspecified atom stereocenters. The van der Waals surface area contributed by atoms with Gasteiger partial charge in [-0.2, -0.15) is 0 Å². The van der Waals surface area contributed by atoms with Crippen molar-refractivity contribution in [1.29, 1.82) is 0 Å². The third-order valence-electron chi connectivity index (χ3n) is 1.92. The van der Waals surface area contributed by atoms with Crippen molar-refractivity contribution in [3.8, 4) is 0 Å². The van der Waals surface area contributed by atoms with E-state index in [2.05, 4.69) is 0 Å². The molecule has 72 valence electrons. The van der Waals surface area contributed by atoms with Crippen molar-refractivity contribution in [2.24, 2.45) is 5.73 Å². The molecule has 0 aromatic carbocycles. The first-order valence-corrected chi connectivity index (χ1v) is 4.40. The molecule has 0 aromatic rings. The van der Waals surface area contributed by atoms with Crippen molar-refractivity contribution in [3.63, 3.8) is 0 Å². The van der Waals surface area contributed by atoms with Crippen LogP contribution >= 0.6 is 0 Å². The Balaban J connectivity index is 2.62. The van der Waals surface area contributed by atoms with Gasteiger partial charge in [0.25, 0.3) is 0 Å². The lowest BCUT2D eigenvalue weighted by atomic mass is 9.92. The quantitative estimate of drug-likeness (QED) is 0.650. The number of carbonyl (C=O) groups excluding carboxylic acids is 1. The van der Waals surface area contributed by atoms with Crippen LogP contribution in [0.5, 0.6) is 0 Å². The molecule has 0 aliphatic heterocycles. The molecule has 0 spiro atoms. The second-order valence-electron chi connectivity index (χ2n) is 3.42. The Morgan fingerprint density at radius 3 is 2.92 bits per heavy atom. The highest BCUT2D eigenvalue weighted by molar-refractivity contribution is 5.91. The minimum Gasteiger partial charge on any atom is -0.462 e. The predicted molar refractivity (Wildman–Crippen MR) is 51.1 cm³/mol. The molecule has 1 aliphatic carbocycles. The van der Waals surface area contributed by atoms with Crippen LogP contribution in [0.4, 0.5) is 0 Å². The lowest BCUT2D eigenvalue weighted by Crippen LogP contribution is -2.34. The fourth-order valence-electron chi connectivity index (χ4n) is 1.11. The van der Waals surface area contributed by atoms with E-state index in [0.717, 1.165) is 0 Å². The summed E-state index contributed by atoms with van der Waals surface area (Å²) in [5.41, 5.74) is 6.11. The summed E-state index contributed by atoms with van der Waals surface area (Å²) in [5.74, 6) is -0.269. The van der Waals surface area contributed by atoms with E-state index in [9.17, 15) is 4.79 Å². The van der Waals surface area contributed by atoms with Gasteiger partial charge in [0.05, 0.1) is 12.2 Å². The third-order valence-corrected chi connectivity index (χ3v) is 1.92. The van der Waals surface area contributed by atoms with Crippen LogP contribution < -0.4 is 5.73 Å². The minimum atomic E-state index is -0.323. The fraction of sp³-hybridized carbons (Fsp3) is 0.500. The molecule has 1 atom stereocenters. The van der Waals surface area contributed by atoms with Gasteiger partial charge >= 0.3 is 5.97 Å². The van der Waals surface area contributed by atoms with Crippen LogP contribution in [0.25, 0.3) is 0 Å². The average Bonchev–Trinajstić information content (AvgIpc) is 2.04. The van der Waals surface area contributed by atoms with Gasteiger partial charge in [-0.05, 0) is 20.3 Å². The maximum Gasteiger partial charge on any atom is 0.337 e. The van der Waals surface area contributed by atoms with Gasteiger partial charge in [0.2, 0.25) is 0 Å². The van der Waals surface area contributed by atoms with E-state index in [1.165, 1.54) is 0 Å². The van der Waals surface area contributed by atoms with Gasteiger partial charge in [-0.15, -0.1) is 0 Å². The Labute approximate surface area is 78.3 Å². The summed E-state index contributed by atoms with van der Waals surface area (Å²) in [6.07, 6.45) is 6.05. The Morgan fingerprint density at radius 1 is 1.77 bits per heavy atom. The lowest BCUT2D eigenvalue weighted by Gasteiger charge is -2.21. The van der Waals surface area contributed by atoms with Gasteiger partial charge in [0.1, 0.15) is 0 Å². The highest BCUT2D eigenvalue weighted by atomic mass is 16.5. The van der Waals surface area contributed by atoms with Crippen molar-refractivity contribution in [3.05, 3.63) is 23.8 Å². The molecule has 0 saturated heterocycles. The maximum absolute atomic E-state index is 11.2. The Kier molecular flexibility index (Phi) is 2.88. The van der Waals surface area contributed by atoms with Crippen LogP contribution in [0.2, 0.25) is 0 Å². The molecule has 0 saturated carbocycles. The monoisotopic (exact) mass is 181 g/mol. The molecular formula is C10H15NO2. The molecule has 0 fully saturated rings. The molecule has 13 heavy (non-hydrogen) atoms. The highest BCUT2D eigenvalue weighted by Gasteiger charge is 2.19. The largest absolute Gasteiger partial charge is 0.462 e. The van der Waals surface area contributed by atoms with Crippen molar-refractivity contribution < 1.29 is 9.53 Å². The van der Waals surface area contributed by atoms with Crippen LogP contribution in [-0.4, -0.2) is 18.1 Å². The number of rotatable bonds is 2. The zero-order valence-electron chi connectivity index (χ0n) is 8.04. The molecule has 0 heterocycles. The highest BCUT2D eigenvalue weighted by Crippen LogP contribution is 2.18. The molecule has 1 aliphatic rings. The molecule has 3 heteroatoms. The summed E-state index contributed by atoms with van der Waals surface area (Å²) in [5, 5.41) is 0. The Bertz CT molecular complexity index is 264. The first kappa shape index (κ1) is 9.99. The number of hydrogen-bond donors (Lipinski definition) is 1. The summed E-state index contributed by atoms with van der Waals surface area (Å²) in [6, 6.07) is 0. The maximum atomic E-state index is 11.2. The molecule has 1 rings (SSSR count). The van der Waals surface area contributed by atoms with Gasteiger partial charge in [-0.25, -0.2) is 4.79 Å². The number of nitrogens with two attached hydrogens (primary N) is 1. The van der Waals surface area contributed by atoms with E-state index in [1.54, 1.807) is 13.0 Å². The van der Waals surface area contributed by atoms with E-state index in [1.807, 2.05) is 19.1 Å². The van der Waals surface area contributed by atoms with Gasteiger partial charge in [0.15, 0.2) is 0 Å². The summed E-state index contributed by atoms with van der Waals surface area (Å²) < 4.78 is 4.85. The summed E-state index contributed by atoms with van der Waals surface area (Å²) in [4.78, 5) is 11.2. The summed E-state index contributed by atoms with van der Waals surface area (Å²) >= 11 is 0. The second-order valence-corrected chi connectivity index (χ2v) is 3.42. The fourth-order valence-corrected chi connectivity index (χ4v) is 1.11.